The van der Waals surface area contributed by atoms with Crippen LogP contribution in [-0.4, -0.2) is 17.3 Å². The number of carbonyl (C=O) groups excluding carboxylic acids is 1. The molecule has 0 saturated carbocycles. The molecule has 1 saturated heterocycles. The zero-order valence-corrected chi connectivity index (χ0v) is 13.5. The summed E-state index contributed by atoms with van der Waals surface area (Å²) in [7, 11) is 1.57. The highest BCUT2D eigenvalue weighted by Crippen LogP contribution is 2.29. The Morgan fingerprint density at radius 3 is 3.00 bits per heavy atom. The van der Waals surface area contributed by atoms with E-state index >= 15 is 0 Å². The Balaban J connectivity index is 1.91. The predicted octanol–water partition coefficient (Wildman–Crippen LogP) is 1.84. The van der Waals surface area contributed by atoms with Crippen molar-refractivity contribution in [3.8, 4) is 0 Å². The van der Waals surface area contributed by atoms with Gasteiger partial charge in [-0.1, -0.05) is 30.1 Å². The molecule has 2 N–H and O–H groups in total. The fraction of sp³-hybridized carbons (Fsp3) is 0.200. The minimum Gasteiger partial charge on any atom is -0.629 e. The van der Waals surface area contributed by atoms with E-state index in [0.717, 1.165) is 24.1 Å². The third kappa shape index (κ3) is 3.07. The Morgan fingerprint density at radius 1 is 1.50 bits per heavy atom. The van der Waals surface area contributed by atoms with E-state index in [2.05, 4.69) is 5.32 Å². The maximum absolute atomic E-state index is 11.7. The highest BCUT2D eigenvalue weighted by Gasteiger charge is 2.23. The molecule has 1 aliphatic carbocycles. The van der Waals surface area contributed by atoms with Crippen LogP contribution in [0, 0.1) is 5.21 Å². The molecule has 1 fully saturated rings. The summed E-state index contributed by atoms with van der Waals surface area (Å²) in [6.07, 6.45) is 7.20. The number of rotatable bonds is 3. The van der Waals surface area contributed by atoms with Crippen LogP contribution in [0.25, 0.3) is 11.6 Å². The highest BCUT2D eigenvalue weighted by molar-refractivity contribution is 8.26. The topological polar surface area (TPSA) is 69.7 Å². The molecule has 1 aromatic rings. The lowest BCUT2D eigenvalue weighted by atomic mass is 10.0. The summed E-state index contributed by atoms with van der Waals surface area (Å²) in [6, 6.07) is 3.60. The molecule has 2 heterocycles. The molecule has 7 heteroatoms. The van der Waals surface area contributed by atoms with E-state index in [0.29, 0.717) is 20.7 Å². The minimum atomic E-state index is -0.214. The van der Waals surface area contributed by atoms with E-state index in [1.54, 1.807) is 19.2 Å². The fourth-order valence-electron chi connectivity index (χ4n) is 2.39. The van der Waals surface area contributed by atoms with Gasteiger partial charge >= 0.3 is 0 Å². The predicted molar refractivity (Wildman–Crippen MR) is 90.6 cm³/mol. The molecule has 1 unspecified atom stereocenters. The number of quaternary nitrogens is 1. The van der Waals surface area contributed by atoms with Crippen molar-refractivity contribution >= 4 is 45.9 Å². The van der Waals surface area contributed by atoms with E-state index in [-0.39, 0.29) is 11.0 Å². The first kappa shape index (κ1) is 15.2. The lowest BCUT2D eigenvalue weighted by Crippen LogP contribution is -3.02. The van der Waals surface area contributed by atoms with Gasteiger partial charge in [0.25, 0.3) is 5.91 Å². The molecule has 1 aromatic heterocycles. The summed E-state index contributed by atoms with van der Waals surface area (Å²) in [5.41, 5.74) is 1.60. The summed E-state index contributed by atoms with van der Waals surface area (Å²) in [6.45, 7) is 0. The number of furan rings is 1. The number of hydroxylamine groups is 2. The Kier molecular flexibility index (Phi) is 4.30. The molecule has 1 amide bonds. The van der Waals surface area contributed by atoms with Gasteiger partial charge in [0.1, 0.15) is 21.5 Å². The Labute approximate surface area is 137 Å². The number of nitrogens with one attached hydrogen (secondary N) is 2. The zero-order chi connectivity index (χ0) is 15.7. The molecule has 1 atom stereocenters. The second-order valence-corrected chi connectivity index (χ2v) is 6.66. The van der Waals surface area contributed by atoms with Gasteiger partial charge in [0.05, 0.1) is 17.5 Å². The molecule has 2 aliphatic rings. The Hall–Kier alpha value is -1.67. The largest absolute Gasteiger partial charge is 0.629 e. The van der Waals surface area contributed by atoms with Crippen molar-refractivity contribution in [1.82, 2.24) is 5.32 Å². The van der Waals surface area contributed by atoms with E-state index < -0.39 is 0 Å². The van der Waals surface area contributed by atoms with Crippen molar-refractivity contribution in [2.24, 2.45) is 0 Å². The lowest BCUT2D eigenvalue weighted by Gasteiger charge is -2.23. The van der Waals surface area contributed by atoms with Crippen LogP contribution in [0.3, 0.4) is 0 Å². The zero-order valence-electron chi connectivity index (χ0n) is 11.8. The van der Waals surface area contributed by atoms with E-state index in [9.17, 15) is 10.0 Å². The normalized spacial score (nSPS) is 21.6. The third-order valence-electron chi connectivity index (χ3n) is 3.40. The third-order valence-corrected chi connectivity index (χ3v) is 4.57. The molecule has 0 aromatic carbocycles. The van der Waals surface area contributed by atoms with Crippen molar-refractivity contribution in [3.05, 3.63) is 51.6 Å². The minimum absolute atomic E-state index is 0.0618. The first-order valence-corrected chi connectivity index (χ1v) is 8.03. The number of hydrogen-bond donors (Lipinski definition) is 2. The second kappa shape index (κ2) is 6.21. The summed E-state index contributed by atoms with van der Waals surface area (Å²) in [5, 5.41) is 14.4. The SMILES string of the molecule is C[NH+]([O-])C1=C(c2ccc(/C=C3\SC(=S)NC3=O)o2)C=CCC1. The summed E-state index contributed by atoms with van der Waals surface area (Å²) in [4.78, 5) is 12.1. The number of amides is 1. The van der Waals surface area contributed by atoms with Crippen LogP contribution in [0.2, 0.25) is 0 Å². The van der Waals surface area contributed by atoms with Crippen molar-refractivity contribution < 1.29 is 14.3 Å². The van der Waals surface area contributed by atoms with Crippen LogP contribution in [0.4, 0.5) is 0 Å². The molecule has 114 valence electrons. The molecule has 0 radical (unpaired) electrons. The van der Waals surface area contributed by atoms with Gasteiger partial charge in [0, 0.05) is 12.5 Å². The van der Waals surface area contributed by atoms with Crippen LogP contribution in [0.15, 0.2) is 39.3 Å². The molecule has 22 heavy (non-hydrogen) atoms. The highest BCUT2D eigenvalue weighted by atomic mass is 32.2. The summed E-state index contributed by atoms with van der Waals surface area (Å²) >= 11 is 6.16. The maximum Gasteiger partial charge on any atom is 0.263 e. The standard InChI is InChI=1S/C15H14N2O3S2/c1-17(19)11-5-3-2-4-10(11)12-7-6-9(20-12)8-13-14(18)16-15(21)22-13/h2,4,6-8,17H,3,5H2,1H3,(H,16,18,21)/b13-8-. The number of hydrogen-bond acceptors (Lipinski definition) is 5. The molecule has 0 spiro atoms. The van der Waals surface area contributed by atoms with Crippen LogP contribution < -0.4 is 10.4 Å². The van der Waals surface area contributed by atoms with Crippen molar-refractivity contribution in [1.29, 1.82) is 0 Å². The Morgan fingerprint density at radius 2 is 2.32 bits per heavy atom. The van der Waals surface area contributed by atoms with Crippen molar-refractivity contribution in [2.75, 3.05) is 7.05 Å². The van der Waals surface area contributed by atoms with Gasteiger partial charge in [0.2, 0.25) is 0 Å². The number of thioether (sulfide) groups is 1. The molecular formula is C15H14N2O3S2. The number of allylic oxidation sites excluding steroid dienone is 4. The van der Waals surface area contributed by atoms with Crippen molar-refractivity contribution in [3.63, 3.8) is 0 Å². The smallest absolute Gasteiger partial charge is 0.263 e. The van der Waals surface area contributed by atoms with E-state index in [1.165, 1.54) is 11.8 Å². The first-order valence-electron chi connectivity index (χ1n) is 6.80. The average Bonchev–Trinajstić information content (AvgIpc) is 3.06. The lowest BCUT2D eigenvalue weighted by molar-refractivity contribution is -0.783. The van der Waals surface area contributed by atoms with Crippen LogP contribution in [0.1, 0.15) is 24.4 Å². The van der Waals surface area contributed by atoms with Gasteiger partial charge in [-0.05, 0) is 24.6 Å². The molecular weight excluding hydrogens is 320 g/mol. The van der Waals surface area contributed by atoms with Gasteiger partial charge in [-0.25, -0.2) is 0 Å². The van der Waals surface area contributed by atoms with Gasteiger partial charge in [-0.15, -0.1) is 0 Å². The molecule has 5 nitrogen and oxygen atoms in total. The maximum atomic E-state index is 11.7. The average molecular weight is 334 g/mol. The first-order chi connectivity index (χ1) is 10.5. The van der Waals surface area contributed by atoms with E-state index in [4.69, 9.17) is 16.6 Å². The number of thiocarbonyl (C=S) groups is 1. The van der Waals surface area contributed by atoms with Crippen molar-refractivity contribution in [2.45, 2.75) is 12.8 Å². The Bertz CT molecular complexity index is 729. The van der Waals surface area contributed by atoms with Crippen LogP contribution in [-0.2, 0) is 4.79 Å². The quantitative estimate of drug-likeness (QED) is 0.501. The second-order valence-electron chi connectivity index (χ2n) is 4.94. The van der Waals surface area contributed by atoms with Gasteiger partial charge in [-0.2, -0.15) is 0 Å². The fourth-order valence-corrected chi connectivity index (χ4v) is 3.41. The molecule has 0 bridgehead atoms. The summed E-state index contributed by atoms with van der Waals surface area (Å²) < 4.78 is 6.22. The van der Waals surface area contributed by atoms with E-state index in [1.807, 2.05) is 18.2 Å². The number of carbonyl (C=O) groups is 1. The molecule has 3 rings (SSSR count). The monoisotopic (exact) mass is 334 g/mol. The van der Waals surface area contributed by atoms with Crippen LogP contribution >= 0.6 is 24.0 Å². The molecule has 1 aliphatic heterocycles. The summed E-state index contributed by atoms with van der Waals surface area (Å²) in [5.74, 6) is 0.986. The van der Waals surface area contributed by atoms with Gasteiger partial charge < -0.3 is 20.0 Å². The van der Waals surface area contributed by atoms with Gasteiger partial charge in [0.15, 0.2) is 0 Å². The van der Waals surface area contributed by atoms with Gasteiger partial charge in [-0.3, -0.25) is 4.79 Å². The van der Waals surface area contributed by atoms with Crippen LogP contribution in [0.5, 0.6) is 0 Å².